The number of nitrogens with zero attached hydrogens (tertiary/aromatic N) is 2. The van der Waals surface area contributed by atoms with Gasteiger partial charge in [-0.05, 0) is 61.9 Å². The van der Waals surface area contributed by atoms with E-state index in [1.807, 2.05) is 6.92 Å². The van der Waals surface area contributed by atoms with Crippen LogP contribution in [0.2, 0.25) is 5.02 Å². The van der Waals surface area contributed by atoms with E-state index in [4.69, 9.17) is 11.6 Å². The van der Waals surface area contributed by atoms with E-state index in [9.17, 15) is 18.0 Å². The van der Waals surface area contributed by atoms with Crippen molar-refractivity contribution in [1.29, 1.82) is 0 Å². The number of para-hydroxylation sites is 1. The summed E-state index contributed by atoms with van der Waals surface area (Å²) in [7, 11) is -4.06. The molecule has 0 saturated carbocycles. The number of anilines is 3. The van der Waals surface area contributed by atoms with E-state index in [1.165, 1.54) is 12.1 Å². The Morgan fingerprint density at radius 3 is 2.32 bits per heavy atom. The number of aryl methyl sites for hydroxylation is 1. The molecule has 0 atom stereocenters. The molecule has 176 valence electrons. The molecular formula is C25H24ClN3O4S. The van der Waals surface area contributed by atoms with Crippen LogP contribution >= 0.6 is 11.6 Å². The molecule has 1 saturated heterocycles. The predicted octanol–water partition coefficient (Wildman–Crippen LogP) is 4.61. The summed E-state index contributed by atoms with van der Waals surface area (Å²) in [4.78, 5) is 26.6. The molecular weight excluding hydrogens is 474 g/mol. The number of carbonyl (C=O) groups excluding carboxylic acids is 2. The van der Waals surface area contributed by atoms with E-state index in [-0.39, 0.29) is 21.5 Å². The molecule has 7 nitrogen and oxygen atoms in total. The Bertz CT molecular complexity index is 1310. The lowest BCUT2D eigenvalue weighted by atomic mass is 10.2. The van der Waals surface area contributed by atoms with E-state index in [0.29, 0.717) is 18.7 Å². The Morgan fingerprint density at radius 2 is 1.71 bits per heavy atom. The van der Waals surface area contributed by atoms with Gasteiger partial charge in [0.1, 0.15) is 6.54 Å². The number of hydrogen-bond donors (Lipinski definition) is 1. The van der Waals surface area contributed by atoms with Gasteiger partial charge in [0.2, 0.25) is 11.8 Å². The molecule has 1 aliphatic heterocycles. The van der Waals surface area contributed by atoms with Crippen LogP contribution in [0, 0.1) is 6.92 Å². The second kappa shape index (κ2) is 9.87. The number of amides is 2. The first-order valence-corrected chi connectivity index (χ1v) is 12.6. The molecule has 0 aromatic heterocycles. The summed E-state index contributed by atoms with van der Waals surface area (Å²) in [6.45, 7) is 2.07. The number of carbonyl (C=O) groups is 2. The van der Waals surface area contributed by atoms with Crippen LogP contribution < -0.4 is 14.5 Å². The second-order valence-corrected chi connectivity index (χ2v) is 10.3. The Balaban J connectivity index is 1.57. The fourth-order valence-corrected chi connectivity index (χ4v) is 5.50. The van der Waals surface area contributed by atoms with E-state index < -0.39 is 22.5 Å². The molecule has 1 N–H and O–H groups in total. The third kappa shape index (κ3) is 5.08. The molecule has 0 unspecified atom stereocenters. The minimum atomic E-state index is -4.06. The van der Waals surface area contributed by atoms with Crippen LogP contribution in [0.5, 0.6) is 0 Å². The van der Waals surface area contributed by atoms with Crippen LogP contribution in [0.1, 0.15) is 18.4 Å². The first-order valence-electron chi connectivity index (χ1n) is 10.8. The van der Waals surface area contributed by atoms with E-state index >= 15 is 0 Å². The molecule has 0 radical (unpaired) electrons. The molecule has 1 aliphatic rings. The molecule has 3 aromatic rings. The van der Waals surface area contributed by atoms with Gasteiger partial charge in [-0.25, -0.2) is 8.42 Å². The topological polar surface area (TPSA) is 86.8 Å². The lowest BCUT2D eigenvalue weighted by Gasteiger charge is -2.25. The van der Waals surface area contributed by atoms with Crippen molar-refractivity contribution in [3.05, 3.63) is 83.4 Å². The second-order valence-electron chi connectivity index (χ2n) is 8.02. The average molecular weight is 498 g/mol. The summed E-state index contributed by atoms with van der Waals surface area (Å²) in [6, 6.07) is 19.8. The molecule has 0 aliphatic carbocycles. The van der Waals surface area contributed by atoms with Crippen LogP contribution in [0.25, 0.3) is 0 Å². The van der Waals surface area contributed by atoms with Crippen LogP contribution in [0.15, 0.2) is 77.7 Å². The number of hydrogen-bond acceptors (Lipinski definition) is 4. The van der Waals surface area contributed by atoms with Crippen molar-refractivity contribution in [2.24, 2.45) is 0 Å². The van der Waals surface area contributed by atoms with Crippen LogP contribution in [-0.4, -0.2) is 33.3 Å². The highest BCUT2D eigenvalue weighted by Gasteiger charge is 2.29. The number of nitrogens with one attached hydrogen (secondary N) is 1. The Labute approximate surface area is 204 Å². The fraction of sp³-hybridized carbons (Fsp3) is 0.200. The normalized spacial score (nSPS) is 13.7. The number of halogens is 1. The first-order chi connectivity index (χ1) is 16.3. The first kappa shape index (κ1) is 23.8. The maximum Gasteiger partial charge on any atom is 0.264 e. The molecule has 4 rings (SSSR count). The minimum Gasteiger partial charge on any atom is -0.325 e. The highest BCUT2D eigenvalue weighted by Crippen LogP contribution is 2.30. The summed E-state index contributed by atoms with van der Waals surface area (Å²) in [5, 5.41) is 2.95. The Kier molecular flexibility index (Phi) is 6.90. The number of rotatable bonds is 7. The van der Waals surface area contributed by atoms with E-state index in [1.54, 1.807) is 65.6 Å². The lowest BCUT2D eigenvalue weighted by molar-refractivity contribution is -0.117. The quantitative estimate of drug-likeness (QED) is 0.516. The predicted molar refractivity (Wildman–Crippen MR) is 134 cm³/mol. The summed E-state index contributed by atoms with van der Waals surface area (Å²) >= 11 is 6.30. The molecule has 0 spiro atoms. The smallest absolute Gasteiger partial charge is 0.264 e. The zero-order chi connectivity index (χ0) is 24.3. The summed E-state index contributed by atoms with van der Waals surface area (Å²) < 4.78 is 27.9. The monoisotopic (exact) mass is 497 g/mol. The zero-order valence-electron chi connectivity index (χ0n) is 18.6. The van der Waals surface area contributed by atoms with Gasteiger partial charge in [0.05, 0.1) is 15.6 Å². The van der Waals surface area contributed by atoms with Crippen LogP contribution in [-0.2, 0) is 19.6 Å². The van der Waals surface area contributed by atoms with Crippen molar-refractivity contribution >= 4 is 50.5 Å². The van der Waals surface area contributed by atoms with Crippen molar-refractivity contribution in [2.75, 3.05) is 27.6 Å². The summed E-state index contributed by atoms with van der Waals surface area (Å²) in [5.74, 6) is -0.450. The summed E-state index contributed by atoms with van der Waals surface area (Å²) in [5.41, 5.74) is 2.38. The molecule has 3 aromatic carbocycles. The van der Waals surface area contributed by atoms with Gasteiger partial charge in [-0.3, -0.25) is 13.9 Å². The standard InChI is InChI=1S/C25H24ClN3O4S/c1-18-8-14-21(15-9-18)34(32,33)29(23-6-3-2-5-22(23)26)17-24(30)27-19-10-12-20(13-11-19)28-16-4-7-25(28)31/h2-3,5-6,8-15H,4,7,16-17H2,1H3,(H,27,30). The van der Waals surface area contributed by atoms with Crippen LogP contribution in [0.4, 0.5) is 17.1 Å². The number of sulfonamides is 1. The van der Waals surface area contributed by atoms with Crippen molar-refractivity contribution in [3.8, 4) is 0 Å². The van der Waals surface area contributed by atoms with Gasteiger partial charge in [-0.2, -0.15) is 0 Å². The molecule has 2 amide bonds. The van der Waals surface area contributed by atoms with E-state index in [2.05, 4.69) is 5.32 Å². The van der Waals surface area contributed by atoms with Gasteiger partial charge >= 0.3 is 0 Å². The molecule has 1 fully saturated rings. The summed E-state index contributed by atoms with van der Waals surface area (Å²) in [6.07, 6.45) is 1.36. The SMILES string of the molecule is Cc1ccc(S(=O)(=O)N(CC(=O)Nc2ccc(N3CCCC3=O)cc2)c2ccccc2Cl)cc1. The van der Waals surface area contributed by atoms with Crippen molar-refractivity contribution in [2.45, 2.75) is 24.7 Å². The molecule has 9 heteroatoms. The van der Waals surface area contributed by atoms with Gasteiger partial charge in [0.15, 0.2) is 0 Å². The zero-order valence-corrected chi connectivity index (χ0v) is 20.1. The van der Waals surface area contributed by atoms with Crippen molar-refractivity contribution < 1.29 is 18.0 Å². The Morgan fingerprint density at radius 1 is 1.03 bits per heavy atom. The molecule has 34 heavy (non-hydrogen) atoms. The molecule has 1 heterocycles. The van der Waals surface area contributed by atoms with Crippen molar-refractivity contribution in [3.63, 3.8) is 0 Å². The van der Waals surface area contributed by atoms with Crippen LogP contribution in [0.3, 0.4) is 0 Å². The molecule has 0 bridgehead atoms. The largest absolute Gasteiger partial charge is 0.325 e. The van der Waals surface area contributed by atoms with Gasteiger partial charge in [0, 0.05) is 24.3 Å². The highest BCUT2D eigenvalue weighted by atomic mass is 35.5. The maximum absolute atomic E-state index is 13.5. The van der Waals surface area contributed by atoms with Crippen molar-refractivity contribution in [1.82, 2.24) is 0 Å². The minimum absolute atomic E-state index is 0.0606. The van der Waals surface area contributed by atoms with Gasteiger partial charge < -0.3 is 10.2 Å². The fourth-order valence-electron chi connectivity index (χ4n) is 3.77. The Hall–Kier alpha value is -3.36. The lowest BCUT2D eigenvalue weighted by Crippen LogP contribution is -2.38. The average Bonchev–Trinajstić information content (AvgIpc) is 3.24. The third-order valence-electron chi connectivity index (χ3n) is 5.55. The van der Waals surface area contributed by atoms with Gasteiger partial charge in [-0.15, -0.1) is 0 Å². The van der Waals surface area contributed by atoms with Gasteiger partial charge in [-0.1, -0.05) is 41.4 Å². The number of benzene rings is 3. The van der Waals surface area contributed by atoms with E-state index in [0.717, 1.165) is 22.0 Å². The highest BCUT2D eigenvalue weighted by molar-refractivity contribution is 7.92. The maximum atomic E-state index is 13.5. The third-order valence-corrected chi connectivity index (χ3v) is 7.65. The van der Waals surface area contributed by atoms with Gasteiger partial charge in [0.25, 0.3) is 10.0 Å².